The van der Waals surface area contributed by atoms with Gasteiger partial charge in [-0.2, -0.15) is 0 Å². The van der Waals surface area contributed by atoms with E-state index >= 15 is 0 Å². The maximum Gasteiger partial charge on any atom is 0.0427 e. The molecule has 2 saturated heterocycles. The highest BCUT2D eigenvalue weighted by molar-refractivity contribution is 5.52. The zero-order chi connectivity index (χ0) is 11.0. The van der Waals surface area contributed by atoms with Crippen LogP contribution in [0.4, 0.5) is 5.69 Å². The quantitative estimate of drug-likeness (QED) is 0.776. The summed E-state index contributed by atoms with van der Waals surface area (Å²) in [6, 6.07) is 3.60. The molecule has 1 N–H and O–H groups in total. The first-order valence-corrected chi connectivity index (χ1v) is 6.24. The number of hydrogen-bond donors (Lipinski definition) is 1. The minimum absolute atomic E-state index is 0.695. The Labute approximate surface area is 96.9 Å². The fourth-order valence-corrected chi connectivity index (χ4v) is 2.98. The molecular weight excluding hydrogens is 198 g/mol. The van der Waals surface area contributed by atoms with Crippen LogP contribution in [0.25, 0.3) is 0 Å². The molecule has 1 aromatic heterocycles. The van der Waals surface area contributed by atoms with Gasteiger partial charge in [0.15, 0.2) is 0 Å². The van der Waals surface area contributed by atoms with Crippen molar-refractivity contribution in [1.29, 1.82) is 0 Å². The number of pyridine rings is 1. The monoisotopic (exact) mass is 217 g/mol. The minimum Gasteiger partial charge on any atom is -0.370 e. The molecule has 3 heterocycles. The second-order valence-corrected chi connectivity index (χ2v) is 5.03. The second-order valence-electron chi connectivity index (χ2n) is 5.03. The molecule has 0 saturated carbocycles. The number of fused-ring (bicyclic) bond motifs is 2. The van der Waals surface area contributed by atoms with Crippen LogP contribution in [0.2, 0.25) is 0 Å². The fraction of sp³-hybridized carbons (Fsp3) is 0.615. The smallest absolute Gasteiger partial charge is 0.0427 e. The molecule has 3 rings (SSSR count). The number of aromatic nitrogens is 1. The normalized spacial score (nSPS) is 29.2. The van der Waals surface area contributed by atoms with E-state index in [1.807, 2.05) is 12.4 Å². The summed E-state index contributed by atoms with van der Waals surface area (Å²) in [7, 11) is 0. The summed E-state index contributed by atoms with van der Waals surface area (Å²) in [6.45, 7) is 4.49. The van der Waals surface area contributed by atoms with Gasteiger partial charge in [-0.15, -0.1) is 0 Å². The average Bonchev–Trinajstić information content (AvgIpc) is 2.60. The molecule has 2 atom stereocenters. The summed E-state index contributed by atoms with van der Waals surface area (Å²) in [5.74, 6) is 0. The van der Waals surface area contributed by atoms with Crippen molar-refractivity contribution in [1.82, 2.24) is 10.3 Å². The van der Waals surface area contributed by atoms with Gasteiger partial charge < -0.3 is 10.2 Å². The Morgan fingerprint density at radius 3 is 3.06 bits per heavy atom. The molecular formula is C13H19N3. The van der Waals surface area contributed by atoms with Gasteiger partial charge in [0.25, 0.3) is 0 Å². The van der Waals surface area contributed by atoms with Crippen LogP contribution in [-0.2, 0) is 0 Å². The van der Waals surface area contributed by atoms with Crippen molar-refractivity contribution in [2.45, 2.75) is 38.3 Å². The van der Waals surface area contributed by atoms with Crippen LogP contribution in [0.3, 0.4) is 0 Å². The van der Waals surface area contributed by atoms with Crippen molar-refractivity contribution in [2.24, 2.45) is 0 Å². The zero-order valence-corrected chi connectivity index (χ0v) is 9.82. The highest BCUT2D eigenvalue weighted by Crippen LogP contribution is 2.26. The Morgan fingerprint density at radius 2 is 2.19 bits per heavy atom. The Bertz CT molecular complexity index is 377. The summed E-state index contributed by atoms with van der Waals surface area (Å²) in [5.41, 5.74) is 2.66. The third kappa shape index (κ3) is 1.80. The van der Waals surface area contributed by atoms with Gasteiger partial charge in [0, 0.05) is 43.3 Å². The van der Waals surface area contributed by atoms with Crippen molar-refractivity contribution in [3.05, 3.63) is 24.0 Å². The number of rotatable bonds is 1. The van der Waals surface area contributed by atoms with E-state index in [1.165, 1.54) is 37.1 Å². The van der Waals surface area contributed by atoms with Crippen molar-refractivity contribution in [3.63, 3.8) is 0 Å². The summed E-state index contributed by atoms with van der Waals surface area (Å²) in [4.78, 5) is 6.69. The van der Waals surface area contributed by atoms with Crippen LogP contribution >= 0.6 is 0 Å². The molecule has 0 aliphatic carbocycles. The van der Waals surface area contributed by atoms with Gasteiger partial charge in [-0.25, -0.2) is 0 Å². The molecule has 2 bridgehead atoms. The fourth-order valence-electron chi connectivity index (χ4n) is 2.98. The maximum atomic E-state index is 4.17. The largest absolute Gasteiger partial charge is 0.370 e. The molecule has 2 aliphatic rings. The lowest BCUT2D eigenvalue weighted by molar-refractivity contribution is 0.563. The summed E-state index contributed by atoms with van der Waals surface area (Å²) in [5, 5.41) is 3.71. The summed E-state index contributed by atoms with van der Waals surface area (Å²) < 4.78 is 0. The topological polar surface area (TPSA) is 28.2 Å². The molecule has 2 fully saturated rings. The van der Waals surface area contributed by atoms with Crippen LogP contribution in [0, 0.1) is 6.92 Å². The van der Waals surface area contributed by atoms with Crippen LogP contribution in [-0.4, -0.2) is 30.2 Å². The number of nitrogens with one attached hydrogen (secondary N) is 1. The van der Waals surface area contributed by atoms with Crippen LogP contribution in [0.5, 0.6) is 0 Å². The Hall–Kier alpha value is -1.09. The standard InChI is InChI=1S/C13H19N3/c1-10-8-14-6-4-13(10)16-7-5-11-2-3-12(9-16)15-11/h4,6,8,11-12,15H,2-3,5,7,9H2,1H3. The first-order chi connectivity index (χ1) is 7.83. The van der Waals surface area contributed by atoms with Gasteiger partial charge in [-0.05, 0) is 37.8 Å². The number of aryl methyl sites for hydroxylation is 1. The molecule has 86 valence electrons. The Balaban J connectivity index is 1.82. The van der Waals surface area contributed by atoms with Gasteiger partial charge in [0.05, 0.1) is 0 Å². The van der Waals surface area contributed by atoms with Crippen LogP contribution in [0.1, 0.15) is 24.8 Å². The predicted octanol–water partition coefficient (Wildman–Crippen LogP) is 1.72. The van der Waals surface area contributed by atoms with Gasteiger partial charge in [-0.3, -0.25) is 4.98 Å². The van der Waals surface area contributed by atoms with Crippen molar-refractivity contribution >= 4 is 5.69 Å². The molecule has 0 radical (unpaired) electrons. The van der Waals surface area contributed by atoms with Crippen molar-refractivity contribution in [2.75, 3.05) is 18.0 Å². The molecule has 0 amide bonds. The first-order valence-electron chi connectivity index (χ1n) is 6.24. The van der Waals surface area contributed by atoms with Crippen molar-refractivity contribution < 1.29 is 0 Å². The maximum absolute atomic E-state index is 4.17. The first kappa shape index (κ1) is 10.1. The molecule has 0 spiro atoms. The lowest BCUT2D eigenvalue weighted by atomic mass is 10.1. The van der Waals surface area contributed by atoms with Gasteiger partial charge in [0.1, 0.15) is 0 Å². The third-order valence-electron chi connectivity index (χ3n) is 3.85. The molecule has 3 nitrogen and oxygen atoms in total. The highest BCUT2D eigenvalue weighted by Gasteiger charge is 2.29. The lowest BCUT2D eigenvalue weighted by Gasteiger charge is -2.27. The van der Waals surface area contributed by atoms with Gasteiger partial charge in [0.2, 0.25) is 0 Å². The number of anilines is 1. The zero-order valence-electron chi connectivity index (χ0n) is 9.82. The molecule has 1 aromatic rings. The van der Waals surface area contributed by atoms with E-state index in [0.717, 1.165) is 12.6 Å². The Morgan fingerprint density at radius 1 is 1.31 bits per heavy atom. The van der Waals surface area contributed by atoms with E-state index in [9.17, 15) is 0 Å². The van der Waals surface area contributed by atoms with Crippen molar-refractivity contribution in [3.8, 4) is 0 Å². The Kier molecular flexibility index (Phi) is 2.56. The van der Waals surface area contributed by atoms with E-state index in [-0.39, 0.29) is 0 Å². The molecule has 0 aromatic carbocycles. The molecule has 16 heavy (non-hydrogen) atoms. The minimum atomic E-state index is 0.695. The van der Waals surface area contributed by atoms with Crippen LogP contribution in [0.15, 0.2) is 18.5 Å². The SMILES string of the molecule is Cc1cnccc1N1CCC2CCC(C1)N2. The van der Waals surface area contributed by atoms with E-state index < -0.39 is 0 Å². The van der Waals surface area contributed by atoms with Gasteiger partial charge >= 0.3 is 0 Å². The average molecular weight is 217 g/mol. The lowest BCUT2D eigenvalue weighted by Crippen LogP contribution is -2.35. The molecule has 3 heteroatoms. The number of hydrogen-bond acceptors (Lipinski definition) is 3. The van der Waals surface area contributed by atoms with E-state index in [4.69, 9.17) is 0 Å². The van der Waals surface area contributed by atoms with E-state index in [1.54, 1.807) is 0 Å². The van der Waals surface area contributed by atoms with E-state index in [2.05, 4.69) is 28.2 Å². The highest BCUT2D eigenvalue weighted by atomic mass is 15.2. The van der Waals surface area contributed by atoms with Gasteiger partial charge in [-0.1, -0.05) is 0 Å². The summed E-state index contributed by atoms with van der Waals surface area (Å²) in [6.07, 6.45) is 7.85. The predicted molar refractivity (Wildman–Crippen MR) is 65.7 cm³/mol. The summed E-state index contributed by atoms with van der Waals surface area (Å²) >= 11 is 0. The molecule has 2 unspecified atom stereocenters. The number of nitrogens with zero attached hydrogens (tertiary/aromatic N) is 2. The third-order valence-corrected chi connectivity index (χ3v) is 3.85. The second kappa shape index (κ2) is 4.06. The van der Waals surface area contributed by atoms with E-state index in [0.29, 0.717) is 6.04 Å². The molecule has 2 aliphatic heterocycles. The van der Waals surface area contributed by atoms with Crippen LogP contribution < -0.4 is 10.2 Å².